The molecule has 0 saturated carbocycles. The number of furan rings is 1. The van der Waals surface area contributed by atoms with Crippen molar-refractivity contribution in [3.05, 3.63) is 16.5 Å². The highest BCUT2D eigenvalue weighted by Gasteiger charge is 2.24. The Hall–Kier alpha value is -0.370. The van der Waals surface area contributed by atoms with Crippen molar-refractivity contribution in [3.63, 3.8) is 0 Å². The summed E-state index contributed by atoms with van der Waals surface area (Å²) in [4.78, 5) is 0.160. The molecular weight excluding hydrogens is 332 g/mol. The molecule has 2 N–H and O–H groups in total. The Morgan fingerprint density at radius 1 is 1.42 bits per heavy atom. The van der Waals surface area contributed by atoms with E-state index in [1.54, 1.807) is 13.1 Å². The summed E-state index contributed by atoms with van der Waals surface area (Å²) in [6.07, 6.45) is 2.54. The molecule has 0 amide bonds. The third-order valence-electron chi connectivity index (χ3n) is 2.80. The predicted octanol–water partition coefficient (Wildman–Crippen LogP) is 2.62. The highest BCUT2D eigenvalue weighted by molar-refractivity contribution is 9.10. The Kier molecular flexibility index (Phi) is 6.52. The predicted molar refractivity (Wildman–Crippen MR) is 78.5 cm³/mol. The molecule has 0 saturated heterocycles. The molecule has 110 valence electrons. The fourth-order valence-corrected chi connectivity index (χ4v) is 4.17. The maximum atomic E-state index is 12.3. The molecule has 7 heteroatoms. The molecule has 5 nitrogen and oxygen atoms in total. The molecule has 1 aromatic heterocycles. The summed E-state index contributed by atoms with van der Waals surface area (Å²) in [5, 5.41) is 2.92. The van der Waals surface area contributed by atoms with Gasteiger partial charge in [-0.25, -0.2) is 13.1 Å². The quantitative estimate of drug-likeness (QED) is 0.754. The maximum Gasteiger partial charge on any atom is 0.245 e. The van der Waals surface area contributed by atoms with Crippen LogP contribution in [0, 0.1) is 0 Å². The SMILES string of the molecule is CCCC(CC)NS(=O)(=O)c1cc(CNC)oc1Br. The van der Waals surface area contributed by atoms with Crippen LogP contribution < -0.4 is 10.0 Å². The minimum absolute atomic E-state index is 0.0375. The Labute approximate surface area is 123 Å². The van der Waals surface area contributed by atoms with Crippen LogP contribution in [0.15, 0.2) is 20.0 Å². The summed E-state index contributed by atoms with van der Waals surface area (Å²) in [6, 6.07) is 1.51. The molecule has 0 aliphatic carbocycles. The molecule has 0 radical (unpaired) electrons. The molecule has 19 heavy (non-hydrogen) atoms. The number of hydrogen-bond donors (Lipinski definition) is 2. The molecular formula is C12H21BrN2O3S. The fraction of sp³-hybridized carbons (Fsp3) is 0.667. The van der Waals surface area contributed by atoms with Crippen LogP contribution in [0.5, 0.6) is 0 Å². The van der Waals surface area contributed by atoms with Crippen LogP contribution in [-0.4, -0.2) is 21.5 Å². The Balaban J connectivity index is 2.93. The van der Waals surface area contributed by atoms with E-state index in [4.69, 9.17) is 4.42 Å². The second-order valence-electron chi connectivity index (χ2n) is 4.40. The van der Waals surface area contributed by atoms with Crippen molar-refractivity contribution in [1.29, 1.82) is 0 Å². The fourth-order valence-electron chi connectivity index (χ4n) is 1.82. The van der Waals surface area contributed by atoms with Gasteiger partial charge in [0.25, 0.3) is 0 Å². The van der Waals surface area contributed by atoms with Crippen LogP contribution >= 0.6 is 15.9 Å². The largest absolute Gasteiger partial charge is 0.452 e. The summed E-state index contributed by atoms with van der Waals surface area (Å²) >= 11 is 3.16. The van der Waals surface area contributed by atoms with Crippen molar-refractivity contribution in [2.24, 2.45) is 0 Å². The lowest BCUT2D eigenvalue weighted by Crippen LogP contribution is -2.34. The third-order valence-corrected chi connectivity index (χ3v) is 5.18. The smallest absolute Gasteiger partial charge is 0.245 e. The van der Waals surface area contributed by atoms with E-state index in [-0.39, 0.29) is 15.6 Å². The van der Waals surface area contributed by atoms with Crippen LogP contribution in [0.2, 0.25) is 0 Å². The van der Waals surface area contributed by atoms with Gasteiger partial charge in [-0.15, -0.1) is 0 Å². The van der Waals surface area contributed by atoms with Gasteiger partial charge in [-0.1, -0.05) is 20.3 Å². The van der Waals surface area contributed by atoms with Crippen LogP contribution in [0.4, 0.5) is 0 Å². The molecule has 0 aliphatic rings. The van der Waals surface area contributed by atoms with Crippen LogP contribution in [0.3, 0.4) is 0 Å². The van der Waals surface area contributed by atoms with E-state index in [0.717, 1.165) is 19.3 Å². The molecule has 0 fully saturated rings. The molecule has 1 unspecified atom stereocenters. The molecule has 0 bridgehead atoms. The lowest BCUT2D eigenvalue weighted by atomic mass is 10.1. The third kappa shape index (κ3) is 4.59. The first-order chi connectivity index (χ1) is 8.94. The van der Waals surface area contributed by atoms with Gasteiger partial charge >= 0.3 is 0 Å². The topological polar surface area (TPSA) is 71.3 Å². The minimum Gasteiger partial charge on any atom is -0.452 e. The average Bonchev–Trinajstić information content (AvgIpc) is 2.71. The molecule has 1 heterocycles. The zero-order valence-corrected chi connectivity index (χ0v) is 13.9. The van der Waals surface area contributed by atoms with Crippen LogP contribution in [0.25, 0.3) is 0 Å². The van der Waals surface area contributed by atoms with Crippen molar-refractivity contribution in [2.75, 3.05) is 7.05 Å². The Morgan fingerprint density at radius 3 is 2.63 bits per heavy atom. The lowest BCUT2D eigenvalue weighted by molar-refractivity contribution is 0.468. The highest BCUT2D eigenvalue weighted by Crippen LogP contribution is 2.26. The first-order valence-electron chi connectivity index (χ1n) is 6.39. The summed E-state index contributed by atoms with van der Waals surface area (Å²) in [7, 11) is -1.77. The first kappa shape index (κ1) is 16.7. The van der Waals surface area contributed by atoms with E-state index in [1.807, 2.05) is 13.8 Å². The summed E-state index contributed by atoms with van der Waals surface area (Å²) in [6.45, 7) is 4.50. The average molecular weight is 353 g/mol. The van der Waals surface area contributed by atoms with Crippen molar-refractivity contribution in [3.8, 4) is 0 Å². The van der Waals surface area contributed by atoms with Gasteiger partial charge in [0.1, 0.15) is 10.7 Å². The second-order valence-corrected chi connectivity index (χ2v) is 6.80. The number of halogens is 1. The monoisotopic (exact) mass is 352 g/mol. The molecule has 0 spiro atoms. The van der Waals surface area contributed by atoms with Gasteiger partial charge in [-0.2, -0.15) is 0 Å². The van der Waals surface area contributed by atoms with Gasteiger partial charge in [-0.05, 0) is 35.8 Å². The molecule has 1 rings (SSSR count). The zero-order chi connectivity index (χ0) is 14.5. The number of nitrogens with one attached hydrogen (secondary N) is 2. The molecule has 0 aromatic carbocycles. The second kappa shape index (κ2) is 7.42. The van der Waals surface area contributed by atoms with Gasteiger partial charge in [0.2, 0.25) is 10.0 Å². The Bertz CT molecular complexity index is 499. The van der Waals surface area contributed by atoms with E-state index in [1.165, 1.54) is 0 Å². The van der Waals surface area contributed by atoms with E-state index < -0.39 is 10.0 Å². The molecule has 1 atom stereocenters. The Morgan fingerprint density at radius 2 is 2.11 bits per heavy atom. The van der Waals surface area contributed by atoms with E-state index in [2.05, 4.69) is 26.0 Å². The van der Waals surface area contributed by atoms with Crippen LogP contribution in [-0.2, 0) is 16.6 Å². The first-order valence-corrected chi connectivity index (χ1v) is 8.67. The summed E-state index contributed by atoms with van der Waals surface area (Å²) < 4.78 is 32.9. The van der Waals surface area contributed by atoms with Gasteiger partial charge in [0.05, 0.1) is 6.54 Å². The van der Waals surface area contributed by atoms with Gasteiger partial charge in [-0.3, -0.25) is 0 Å². The van der Waals surface area contributed by atoms with E-state index in [9.17, 15) is 8.42 Å². The van der Waals surface area contributed by atoms with Crippen molar-refractivity contribution in [1.82, 2.24) is 10.0 Å². The van der Waals surface area contributed by atoms with E-state index >= 15 is 0 Å². The maximum absolute atomic E-state index is 12.3. The van der Waals surface area contributed by atoms with Gasteiger partial charge in [0, 0.05) is 12.1 Å². The molecule has 0 aliphatic heterocycles. The van der Waals surface area contributed by atoms with Crippen molar-refractivity contribution >= 4 is 26.0 Å². The zero-order valence-electron chi connectivity index (χ0n) is 11.5. The van der Waals surface area contributed by atoms with Crippen molar-refractivity contribution < 1.29 is 12.8 Å². The van der Waals surface area contributed by atoms with Crippen LogP contribution in [0.1, 0.15) is 38.9 Å². The number of rotatable bonds is 8. The van der Waals surface area contributed by atoms with Crippen molar-refractivity contribution in [2.45, 2.75) is 50.6 Å². The normalized spacial score (nSPS) is 13.7. The molecule has 1 aromatic rings. The highest BCUT2D eigenvalue weighted by atomic mass is 79.9. The van der Waals surface area contributed by atoms with E-state index in [0.29, 0.717) is 12.3 Å². The lowest BCUT2D eigenvalue weighted by Gasteiger charge is -2.15. The summed E-state index contributed by atoms with van der Waals surface area (Å²) in [5.41, 5.74) is 0. The van der Waals surface area contributed by atoms with Gasteiger partial charge < -0.3 is 9.73 Å². The summed E-state index contributed by atoms with van der Waals surface area (Å²) in [5.74, 6) is 0.582. The number of hydrogen-bond acceptors (Lipinski definition) is 4. The standard InChI is InChI=1S/C12H21BrN2O3S/c1-4-6-9(5-2)15-19(16,17)11-7-10(8-14-3)18-12(11)13/h7,9,14-15H,4-6,8H2,1-3H3. The minimum atomic E-state index is -3.54. The van der Waals surface area contributed by atoms with Gasteiger partial charge in [0.15, 0.2) is 4.67 Å². The number of sulfonamides is 1.